The van der Waals surface area contributed by atoms with E-state index in [9.17, 15) is 4.79 Å². The van der Waals surface area contributed by atoms with Gasteiger partial charge in [0.2, 0.25) is 5.91 Å². The van der Waals surface area contributed by atoms with Gasteiger partial charge in [0.05, 0.1) is 12.2 Å². The van der Waals surface area contributed by atoms with E-state index >= 15 is 0 Å². The first-order valence-corrected chi connectivity index (χ1v) is 9.44. The van der Waals surface area contributed by atoms with Crippen molar-refractivity contribution >= 4 is 41.5 Å². The van der Waals surface area contributed by atoms with Gasteiger partial charge in [0.1, 0.15) is 6.54 Å². The van der Waals surface area contributed by atoms with E-state index in [2.05, 4.69) is 40.7 Å². The van der Waals surface area contributed by atoms with E-state index in [-0.39, 0.29) is 36.4 Å². The molecule has 0 spiro atoms. The molecule has 1 aromatic carbocycles. The van der Waals surface area contributed by atoms with Gasteiger partial charge in [0, 0.05) is 24.8 Å². The number of nitrogens with one attached hydrogen (secondary N) is 2. The Labute approximate surface area is 183 Å². The van der Waals surface area contributed by atoms with Crippen molar-refractivity contribution in [3.05, 3.63) is 47.3 Å². The highest BCUT2D eigenvalue weighted by Crippen LogP contribution is 2.27. The number of carbonyl (C=O) groups is 1. The molecule has 2 N–H and O–H groups in total. The Morgan fingerprint density at radius 3 is 2.82 bits per heavy atom. The van der Waals surface area contributed by atoms with Crippen molar-refractivity contribution in [1.29, 1.82) is 0 Å². The number of aromatic nitrogens is 1. The minimum absolute atomic E-state index is 0. The summed E-state index contributed by atoms with van der Waals surface area (Å²) in [6, 6.07) is 9.96. The predicted octanol–water partition coefficient (Wildman–Crippen LogP) is 3.06. The van der Waals surface area contributed by atoms with E-state index in [4.69, 9.17) is 4.52 Å². The Bertz CT molecular complexity index is 818. The molecule has 0 bridgehead atoms. The monoisotopic (exact) mass is 497 g/mol. The molecule has 1 amide bonds. The molecular formula is C20H28IN5O2. The number of nitrogens with zero attached hydrogens (tertiary/aromatic N) is 3. The van der Waals surface area contributed by atoms with Crippen molar-refractivity contribution in [2.45, 2.75) is 39.7 Å². The van der Waals surface area contributed by atoms with Crippen molar-refractivity contribution in [1.82, 2.24) is 15.8 Å². The molecule has 0 saturated carbocycles. The zero-order valence-electron chi connectivity index (χ0n) is 16.6. The minimum atomic E-state index is -0.00101. The van der Waals surface area contributed by atoms with Crippen LogP contribution in [-0.2, 0) is 17.8 Å². The number of hydrogen-bond acceptors (Lipinski definition) is 4. The first kappa shape index (κ1) is 22.2. The van der Waals surface area contributed by atoms with Gasteiger partial charge in [-0.25, -0.2) is 4.99 Å². The van der Waals surface area contributed by atoms with E-state index in [0.29, 0.717) is 31.5 Å². The van der Waals surface area contributed by atoms with Gasteiger partial charge in [-0.05, 0) is 30.9 Å². The number of fused-ring (bicyclic) bond motifs is 1. The van der Waals surface area contributed by atoms with Crippen LogP contribution >= 0.6 is 24.0 Å². The van der Waals surface area contributed by atoms with E-state index in [1.807, 2.05) is 36.1 Å². The number of guanidine groups is 1. The second-order valence-electron chi connectivity index (χ2n) is 6.85. The Morgan fingerprint density at radius 1 is 1.32 bits per heavy atom. The maximum Gasteiger partial charge on any atom is 0.248 e. The van der Waals surface area contributed by atoms with E-state index < -0.39 is 0 Å². The lowest BCUT2D eigenvalue weighted by Crippen LogP contribution is -2.38. The fourth-order valence-electron chi connectivity index (χ4n) is 3.03. The van der Waals surface area contributed by atoms with Gasteiger partial charge in [-0.3, -0.25) is 4.79 Å². The number of para-hydroxylation sites is 1. The molecule has 0 fully saturated rings. The Hall–Kier alpha value is -2.10. The molecular weight excluding hydrogens is 469 g/mol. The molecule has 0 atom stereocenters. The van der Waals surface area contributed by atoms with Crippen LogP contribution in [0.1, 0.15) is 43.7 Å². The summed E-state index contributed by atoms with van der Waals surface area (Å²) in [7, 11) is 0. The van der Waals surface area contributed by atoms with Crippen LogP contribution in [-0.4, -0.2) is 36.7 Å². The minimum Gasteiger partial charge on any atom is -0.359 e. The highest BCUT2D eigenvalue weighted by Gasteiger charge is 2.23. The van der Waals surface area contributed by atoms with Crippen LogP contribution in [0.25, 0.3) is 0 Å². The number of halogens is 1. The van der Waals surface area contributed by atoms with Crippen molar-refractivity contribution in [3.8, 4) is 0 Å². The summed E-state index contributed by atoms with van der Waals surface area (Å²) in [4.78, 5) is 18.8. The van der Waals surface area contributed by atoms with Gasteiger partial charge in [-0.2, -0.15) is 0 Å². The molecule has 0 aliphatic carbocycles. The number of benzene rings is 1. The van der Waals surface area contributed by atoms with Crippen LogP contribution in [0.3, 0.4) is 0 Å². The topological polar surface area (TPSA) is 82.8 Å². The highest BCUT2D eigenvalue weighted by atomic mass is 127. The largest absolute Gasteiger partial charge is 0.359 e. The third kappa shape index (κ3) is 5.46. The summed E-state index contributed by atoms with van der Waals surface area (Å²) in [5.41, 5.74) is 3.14. The van der Waals surface area contributed by atoms with Crippen molar-refractivity contribution in [3.63, 3.8) is 0 Å². The molecule has 28 heavy (non-hydrogen) atoms. The standard InChI is InChI=1S/C20H27N5O2.HI/c1-4-21-20(22-12-16-11-17(14(2)3)24-27-16)23-13-19(26)25-10-9-15-7-5-6-8-18(15)25;/h5-8,11,14H,4,9-10,12-13H2,1-3H3,(H2,21,22,23);1H. The molecule has 1 aliphatic heterocycles. The summed E-state index contributed by atoms with van der Waals surface area (Å²) >= 11 is 0. The summed E-state index contributed by atoms with van der Waals surface area (Å²) in [6.45, 7) is 8.12. The Balaban J connectivity index is 0.00000280. The van der Waals surface area contributed by atoms with Crippen LogP contribution in [0.15, 0.2) is 39.8 Å². The van der Waals surface area contributed by atoms with Crippen LogP contribution in [0, 0.1) is 0 Å². The van der Waals surface area contributed by atoms with Gasteiger partial charge in [0.25, 0.3) is 0 Å². The summed E-state index contributed by atoms with van der Waals surface area (Å²) < 4.78 is 5.33. The average molecular weight is 497 g/mol. The molecule has 0 radical (unpaired) electrons. The van der Waals surface area contributed by atoms with E-state index in [0.717, 1.165) is 23.6 Å². The second-order valence-corrected chi connectivity index (χ2v) is 6.85. The molecule has 8 heteroatoms. The molecule has 0 saturated heterocycles. The average Bonchev–Trinajstić information content (AvgIpc) is 3.30. The van der Waals surface area contributed by atoms with Gasteiger partial charge >= 0.3 is 0 Å². The normalized spacial score (nSPS) is 13.3. The van der Waals surface area contributed by atoms with Gasteiger partial charge < -0.3 is 20.1 Å². The van der Waals surface area contributed by atoms with Gasteiger partial charge in [0.15, 0.2) is 11.7 Å². The molecule has 0 unspecified atom stereocenters. The Morgan fingerprint density at radius 2 is 2.11 bits per heavy atom. The van der Waals surface area contributed by atoms with Gasteiger partial charge in [-0.15, -0.1) is 24.0 Å². The first-order valence-electron chi connectivity index (χ1n) is 9.44. The number of hydrogen-bond donors (Lipinski definition) is 2. The summed E-state index contributed by atoms with van der Waals surface area (Å²) in [5, 5.41) is 10.4. The van der Waals surface area contributed by atoms with Crippen LogP contribution in [0.2, 0.25) is 0 Å². The fourth-order valence-corrected chi connectivity index (χ4v) is 3.03. The number of anilines is 1. The van der Waals surface area contributed by atoms with Crippen molar-refractivity contribution in [2.75, 3.05) is 24.5 Å². The lowest BCUT2D eigenvalue weighted by atomic mass is 10.1. The molecule has 1 aliphatic rings. The molecule has 152 valence electrons. The predicted molar refractivity (Wildman–Crippen MR) is 121 cm³/mol. The second kappa shape index (κ2) is 10.4. The number of rotatable bonds is 6. The van der Waals surface area contributed by atoms with Crippen molar-refractivity contribution in [2.24, 2.45) is 4.99 Å². The fraction of sp³-hybridized carbons (Fsp3) is 0.450. The third-order valence-corrected chi connectivity index (χ3v) is 4.50. The molecule has 3 rings (SSSR count). The van der Waals surface area contributed by atoms with Crippen LogP contribution in [0.4, 0.5) is 5.69 Å². The quantitative estimate of drug-likeness (QED) is 0.364. The van der Waals surface area contributed by atoms with Crippen molar-refractivity contribution < 1.29 is 9.32 Å². The smallest absolute Gasteiger partial charge is 0.248 e. The zero-order valence-corrected chi connectivity index (χ0v) is 18.9. The zero-order chi connectivity index (χ0) is 19.2. The lowest BCUT2D eigenvalue weighted by Gasteiger charge is -2.16. The molecule has 7 nitrogen and oxygen atoms in total. The SMILES string of the molecule is CCNC(=NCC(=O)N1CCc2ccccc21)NCc1cc(C(C)C)no1.I. The molecule has 1 aromatic heterocycles. The lowest BCUT2D eigenvalue weighted by molar-refractivity contribution is -0.117. The number of aliphatic imine (C=N–C) groups is 1. The van der Waals surface area contributed by atoms with Gasteiger partial charge in [-0.1, -0.05) is 37.2 Å². The third-order valence-electron chi connectivity index (χ3n) is 4.50. The summed E-state index contributed by atoms with van der Waals surface area (Å²) in [6.07, 6.45) is 0.896. The van der Waals surface area contributed by atoms with E-state index in [1.165, 1.54) is 5.56 Å². The maximum atomic E-state index is 12.6. The maximum absolute atomic E-state index is 12.6. The molecule has 2 heterocycles. The summed E-state index contributed by atoms with van der Waals surface area (Å²) in [5.74, 6) is 1.65. The molecule has 2 aromatic rings. The van der Waals surface area contributed by atoms with Crippen LogP contribution < -0.4 is 15.5 Å². The van der Waals surface area contributed by atoms with Crippen LogP contribution in [0.5, 0.6) is 0 Å². The number of amides is 1. The highest BCUT2D eigenvalue weighted by molar-refractivity contribution is 14.0. The number of carbonyl (C=O) groups excluding carboxylic acids is 1. The van der Waals surface area contributed by atoms with E-state index in [1.54, 1.807) is 0 Å². The Kier molecular flexibility index (Phi) is 8.28. The first-order chi connectivity index (χ1) is 13.1.